The monoisotopic (exact) mass is 525 g/mol. The summed E-state index contributed by atoms with van der Waals surface area (Å²) in [5.74, 6) is 0.800. The van der Waals surface area contributed by atoms with E-state index >= 15 is 0 Å². The van der Waals surface area contributed by atoms with Crippen molar-refractivity contribution in [3.63, 3.8) is 0 Å². The number of ether oxygens (including phenoxy) is 2. The molecule has 8 nitrogen and oxygen atoms in total. The van der Waals surface area contributed by atoms with Crippen molar-refractivity contribution in [2.45, 2.75) is 20.0 Å². The van der Waals surface area contributed by atoms with Crippen LogP contribution in [0.4, 0.5) is 0 Å². The Hall–Kier alpha value is -3.72. The van der Waals surface area contributed by atoms with Crippen LogP contribution in [0.2, 0.25) is 0 Å². The maximum atomic E-state index is 13.0. The molecule has 2 aromatic heterocycles. The summed E-state index contributed by atoms with van der Waals surface area (Å²) in [4.78, 5) is 20.3. The van der Waals surface area contributed by atoms with E-state index in [1.54, 1.807) is 7.11 Å². The van der Waals surface area contributed by atoms with Crippen LogP contribution in [-0.2, 0) is 22.6 Å². The van der Waals surface area contributed by atoms with E-state index < -0.39 is 0 Å². The van der Waals surface area contributed by atoms with Crippen molar-refractivity contribution >= 4 is 38.7 Å². The van der Waals surface area contributed by atoms with Gasteiger partial charge in [-0.05, 0) is 49.4 Å². The number of rotatable bonds is 9. The van der Waals surface area contributed by atoms with Crippen LogP contribution in [-0.4, -0.2) is 78.0 Å². The zero-order valence-electron chi connectivity index (χ0n) is 22.7. The molecule has 8 heteroatoms. The number of hydrogen-bond donors (Lipinski definition) is 1. The average molecular weight is 526 g/mol. The van der Waals surface area contributed by atoms with Gasteiger partial charge in [0.05, 0.1) is 30.9 Å². The molecule has 0 atom stereocenters. The van der Waals surface area contributed by atoms with Crippen molar-refractivity contribution in [1.82, 2.24) is 24.3 Å². The lowest BCUT2D eigenvalue weighted by atomic mass is 10.1. The molecular formula is C31H35N5O3. The van der Waals surface area contributed by atoms with Gasteiger partial charge in [0.15, 0.2) is 0 Å². The van der Waals surface area contributed by atoms with Crippen molar-refractivity contribution in [1.29, 1.82) is 0 Å². The largest absolute Gasteiger partial charge is 0.383 e. The highest BCUT2D eigenvalue weighted by molar-refractivity contribution is 6.09. The molecule has 202 valence electrons. The number of hydrogen-bond acceptors (Lipinski definition) is 5. The standard InChI is InChI=1S/C31H35N5O3/c1-3-35-27-7-5-4-6-24(27)25-20-22(8-10-28(25)35)30-33-26-21-23(9-11-29(26)36(30)16-17-38-2)31(37)32-12-13-34-14-18-39-19-15-34/h4-11,20-21H,3,12-19H2,1-2H3,(H,32,37). The Morgan fingerprint density at radius 2 is 1.74 bits per heavy atom. The molecule has 1 fully saturated rings. The lowest BCUT2D eigenvalue weighted by molar-refractivity contribution is 0.0383. The first-order chi connectivity index (χ1) is 19.2. The third-order valence-electron chi connectivity index (χ3n) is 7.69. The number of aromatic nitrogens is 3. The predicted octanol–water partition coefficient (Wildman–Crippen LogP) is 4.54. The number of amides is 1. The van der Waals surface area contributed by atoms with E-state index in [1.807, 2.05) is 18.2 Å². The molecule has 0 radical (unpaired) electrons. The quantitative estimate of drug-likeness (QED) is 0.306. The molecule has 6 rings (SSSR count). The molecule has 0 unspecified atom stereocenters. The summed E-state index contributed by atoms with van der Waals surface area (Å²) in [6.45, 7) is 9.09. The maximum Gasteiger partial charge on any atom is 0.251 e. The number of carbonyl (C=O) groups excluding carboxylic acids is 1. The molecule has 1 saturated heterocycles. The minimum atomic E-state index is -0.0769. The molecule has 3 aromatic carbocycles. The van der Waals surface area contributed by atoms with Crippen LogP contribution in [0.3, 0.4) is 0 Å². The summed E-state index contributed by atoms with van der Waals surface area (Å²) in [5, 5.41) is 5.53. The van der Waals surface area contributed by atoms with Gasteiger partial charge >= 0.3 is 0 Å². The number of nitrogens with one attached hydrogen (secondary N) is 1. The Morgan fingerprint density at radius 3 is 2.56 bits per heavy atom. The summed E-state index contributed by atoms with van der Waals surface area (Å²) < 4.78 is 15.4. The van der Waals surface area contributed by atoms with Crippen molar-refractivity contribution in [2.24, 2.45) is 0 Å². The molecule has 5 aromatic rings. The minimum Gasteiger partial charge on any atom is -0.383 e. The van der Waals surface area contributed by atoms with Gasteiger partial charge in [-0.3, -0.25) is 9.69 Å². The van der Waals surface area contributed by atoms with Gasteiger partial charge in [0, 0.05) is 79.3 Å². The fourth-order valence-electron chi connectivity index (χ4n) is 5.69. The number of imidazole rings is 1. The molecule has 0 aliphatic carbocycles. The normalized spacial score (nSPS) is 14.5. The van der Waals surface area contributed by atoms with Gasteiger partial charge in [-0.1, -0.05) is 18.2 Å². The number of morpholine rings is 1. The molecule has 0 spiro atoms. The number of nitrogens with zero attached hydrogens (tertiary/aromatic N) is 4. The molecule has 1 amide bonds. The minimum absolute atomic E-state index is 0.0769. The number of methoxy groups -OCH3 is 1. The Balaban J connectivity index is 1.33. The topological polar surface area (TPSA) is 73.5 Å². The van der Waals surface area contributed by atoms with E-state index in [9.17, 15) is 4.79 Å². The van der Waals surface area contributed by atoms with Gasteiger partial charge in [0.25, 0.3) is 5.91 Å². The van der Waals surface area contributed by atoms with Crippen molar-refractivity contribution in [3.05, 3.63) is 66.2 Å². The molecule has 1 aliphatic heterocycles. The molecule has 3 heterocycles. The van der Waals surface area contributed by atoms with Crippen LogP contribution < -0.4 is 5.32 Å². The Labute approximate surface area is 228 Å². The van der Waals surface area contributed by atoms with Gasteiger partial charge in [0.1, 0.15) is 5.82 Å². The first-order valence-electron chi connectivity index (χ1n) is 13.8. The van der Waals surface area contributed by atoms with Crippen molar-refractivity contribution < 1.29 is 14.3 Å². The van der Waals surface area contributed by atoms with E-state index in [0.717, 1.165) is 61.8 Å². The van der Waals surface area contributed by atoms with Gasteiger partial charge < -0.3 is 23.9 Å². The lowest BCUT2D eigenvalue weighted by Crippen LogP contribution is -2.41. The highest BCUT2D eigenvalue weighted by Gasteiger charge is 2.18. The first kappa shape index (κ1) is 25.6. The van der Waals surface area contributed by atoms with Crippen LogP contribution in [0.1, 0.15) is 17.3 Å². The summed E-state index contributed by atoms with van der Waals surface area (Å²) in [6.07, 6.45) is 0. The van der Waals surface area contributed by atoms with Gasteiger partial charge in [-0.25, -0.2) is 4.98 Å². The van der Waals surface area contributed by atoms with E-state index in [1.165, 1.54) is 21.8 Å². The average Bonchev–Trinajstić information content (AvgIpc) is 3.51. The van der Waals surface area contributed by atoms with Crippen LogP contribution in [0.15, 0.2) is 60.7 Å². The smallest absolute Gasteiger partial charge is 0.251 e. The van der Waals surface area contributed by atoms with Crippen LogP contribution in [0.5, 0.6) is 0 Å². The Bertz CT molecular complexity index is 1630. The first-order valence-corrected chi connectivity index (χ1v) is 13.8. The highest BCUT2D eigenvalue weighted by atomic mass is 16.5. The number of aryl methyl sites for hydroxylation is 1. The second-order valence-corrected chi connectivity index (χ2v) is 9.99. The number of fused-ring (bicyclic) bond motifs is 4. The fourth-order valence-corrected chi connectivity index (χ4v) is 5.69. The van der Waals surface area contributed by atoms with E-state index in [2.05, 4.69) is 68.7 Å². The third kappa shape index (κ3) is 4.91. The molecule has 0 saturated carbocycles. The molecule has 1 aliphatic rings. The number of benzene rings is 3. The second-order valence-electron chi connectivity index (χ2n) is 9.99. The number of para-hydroxylation sites is 1. The maximum absolute atomic E-state index is 13.0. The van der Waals surface area contributed by atoms with E-state index in [0.29, 0.717) is 25.3 Å². The third-order valence-corrected chi connectivity index (χ3v) is 7.69. The second kappa shape index (κ2) is 11.2. The molecule has 39 heavy (non-hydrogen) atoms. The summed E-state index contributed by atoms with van der Waals surface area (Å²) in [6, 6.07) is 20.9. The summed E-state index contributed by atoms with van der Waals surface area (Å²) in [5.41, 5.74) is 5.92. The highest BCUT2D eigenvalue weighted by Crippen LogP contribution is 2.33. The van der Waals surface area contributed by atoms with Crippen molar-refractivity contribution in [3.8, 4) is 11.4 Å². The van der Waals surface area contributed by atoms with Crippen LogP contribution in [0, 0.1) is 0 Å². The van der Waals surface area contributed by atoms with Gasteiger partial charge in [-0.2, -0.15) is 0 Å². The van der Waals surface area contributed by atoms with Crippen LogP contribution >= 0.6 is 0 Å². The molecule has 0 bridgehead atoms. The zero-order chi connectivity index (χ0) is 26.8. The Kier molecular flexibility index (Phi) is 7.32. The lowest BCUT2D eigenvalue weighted by Gasteiger charge is -2.26. The Morgan fingerprint density at radius 1 is 0.949 bits per heavy atom. The number of carbonyl (C=O) groups is 1. The fraction of sp³-hybridized carbons (Fsp3) is 0.355. The van der Waals surface area contributed by atoms with E-state index in [4.69, 9.17) is 14.5 Å². The SMILES string of the molecule is CCn1c2ccccc2c2cc(-c3nc4cc(C(=O)NCCN5CCOCC5)ccc4n3CCOC)ccc21. The van der Waals surface area contributed by atoms with E-state index in [-0.39, 0.29) is 5.91 Å². The van der Waals surface area contributed by atoms with Crippen LogP contribution in [0.25, 0.3) is 44.2 Å². The van der Waals surface area contributed by atoms with Gasteiger partial charge in [-0.15, -0.1) is 0 Å². The molecule has 1 N–H and O–H groups in total. The van der Waals surface area contributed by atoms with Gasteiger partial charge in [0.2, 0.25) is 0 Å². The summed E-state index contributed by atoms with van der Waals surface area (Å²) >= 11 is 0. The predicted molar refractivity (Wildman–Crippen MR) is 155 cm³/mol. The summed E-state index contributed by atoms with van der Waals surface area (Å²) in [7, 11) is 1.71. The van der Waals surface area contributed by atoms with Crippen molar-refractivity contribution in [2.75, 3.05) is 53.1 Å². The molecular weight excluding hydrogens is 490 g/mol. The zero-order valence-corrected chi connectivity index (χ0v) is 22.7.